The number of fused-ring (bicyclic) bond motifs is 1. The van der Waals surface area contributed by atoms with E-state index in [4.69, 9.17) is 4.98 Å². The molecule has 1 aliphatic rings. The van der Waals surface area contributed by atoms with Crippen LogP contribution < -0.4 is 0 Å². The number of amides is 1. The van der Waals surface area contributed by atoms with Gasteiger partial charge < -0.3 is 14.4 Å². The van der Waals surface area contributed by atoms with E-state index in [-0.39, 0.29) is 5.91 Å². The number of hydrogen-bond acceptors (Lipinski definition) is 4. The van der Waals surface area contributed by atoms with Gasteiger partial charge in [-0.2, -0.15) is 0 Å². The van der Waals surface area contributed by atoms with E-state index in [0.717, 1.165) is 67.3 Å². The highest BCUT2D eigenvalue weighted by Gasteiger charge is 2.20. The van der Waals surface area contributed by atoms with Crippen LogP contribution in [0.2, 0.25) is 0 Å². The number of aromatic nitrogens is 3. The van der Waals surface area contributed by atoms with Gasteiger partial charge in [0.1, 0.15) is 11.3 Å². The summed E-state index contributed by atoms with van der Waals surface area (Å²) in [5.74, 6) is 1.44. The fraction of sp³-hybridized carbons (Fsp3) is 0.435. The molecule has 1 fully saturated rings. The molecule has 3 aromatic rings. The van der Waals surface area contributed by atoms with Crippen LogP contribution in [-0.2, 0) is 6.54 Å². The zero-order valence-corrected chi connectivity index (χ0v) is 17.5. The average molecular weight is 392 g/mol. The predicted molar refractivity (Wildman–Crippen MR) is 116 cm³/mol. The molecule has 1 aliphatic heterocycles. The topological polar surface area (TPSA) is 54.3 Å². The van der Waals surface area contributed by atoms with Crippen LogP contribution in [0.25, 0.3) is 22.6 Å². The Balaban J connectivity index is 1.69. The molecule has 1 amide bonds. The van der Waals surface area contributed by atoms with Crippen molar-refractivity contribution in [3.8, 4) is 11.4 Å². The van der Waals surface area contributed by atoms with Crippen LogP contribution in [0.4, 0.5) is 0 Å². The normalized spacial score (nSPS) is 15.8. The number of imidazole rings is 1. The molecule has 0 saturated carbocycles. The number of carbonyl (C=O) groups excluding carboxylic acids is 1. The monoisotopic (exact) mass is 391 g/mol. The van der Waals surface area contributed by atoms with Gasteiger partial charge in [-0.3, -0.25) is 4.79 Å². The van der Waals surface area contributed by atoms with Crippen LogP contribution in [0.5, 0.6) is 0 Å². The molecule has 152 valence electrons. The van der Waals surface area contributed by atoms with E-state index in [1.54, 1.807) is 6.20 Å². The number of nitrogens with zero attached hydrogens (tertiary/aromatic N) is 5. The van der Waals surface area contributed by atoms with E-state index in [9.17, 15) is 4.79 Å². The van der Waals surface area contributed by atoms with Crippen molar-refractivity contribution < 1.29 is 4.79 Å². The molecule has 3 heterocycles. The molecule has 0 unspecified atom stereocenters. The van der Waals surface area contributed by atoms with Crippen molar-refractivity contribution >= 4 is 17.1 Å². The molecule has 0 bridgehead atoms. The van der Waals surface area contributed by atoms with Crippen molar-refractivity contribution in [2.24, 2.45) is 5.92 Å². The molecule has 0 spiro atoms. The second-order valence-corrected chi connectivity index (χ2v) is 8.32. The maximum absolute atomic E-state index is 13.1. The largest absolute Gasteiger partial charge is 0.337 e. The third kappa shape index (κ3) is 4.17. The minimum Gasteiger partial charge on any atom is -0.337 e. The van der Waals surface area contributed by atoms with Gasteiger partial charge in [-0.05, 0) is 50.2 Å². The van der Waals surface area contributed by atoms with Gasteiger partial charge in [-0.1, -0.05) is 26.0 Å². The standard InChI is InChI=1S/C23H29N5O/c1-17(2)16-28-21(25-20-9-5-10-24-22(20)28)18-7-4-8-19(15-18)23(29)27-12-6-11-26(3)13-14-27/h4-5,7-10,15,17H,6,11-14,16H2,1-3H3. The number of rotatable bonds is 4. The highest BCUT2D eigenvalue weighted by molar-refractivity contribution is 5.95. The van der Waals surface area contributed by atoms with Gasteiger partial charge in [0.2, 0.25) is 0 Å². The number of likely N-dealkylation sites (N-methyl/N-ethyl adjacent to an activating group) is 1. The molecular weight excluding hydrogens is 362 g/mol. The summed E-state index contributed by atoms with van der Waals surface area (Å²) in [6, 6.07) is 11.8. The second-order valence-electron chi connectivity index (χ2n) is 8.32. The lowest BCUT2D eigenvalue weighted by atomic mass is 10.1. The van der Waals surface area contributed by atoms with Crippen molar-refractivity contribution in [2.75, 3.05) is 33.2 Å². The third-order valence-corrected chi connectivity index (χ3v) is 5.43. The predicted octanol–water partition coefficient (Wildman–Crippen LogP) is 3.53. The first-order valence-corrected chi connectivity index (χ1v) is 10.4. The van der Waals surface area contributed by atoms with Crippen LogP contribution >= 0.6 is 0 Å². The smallest absolute Gasteiger partial charge is 0.253 e. The Morgan fingerprint density at radius 3 is 2.79 bits per heavy atom. The zero-order chi connectivity index (χ0) is 20.4. The Bertz CT molecular complexity index is 1010. The number of pyridine rings is 1. The Morgan fingerprint density at radius 1 is 1.10 bits per heavy atom. The molecule has 29 heavy (non-hydrogen) atoms. The molecule has 0 radical (unpaired) electrons. The number of carbonyl (C=O) groups is 1. The lowest BCUT2D eigenvalue weighted by Gasteiger charge is -2.21. The lowest BCUT2D eigenvalue weighted by molar-refractivity contribution is 0.0763. The first-order valence-electron chi connectivity index (χ1n) is 10.4. The van der Waals surface area contributed by atoms with Crippen molar-refractivity contribution in [3.05, 3.63) is 48.2 Å². The molecule has 0 atom stereocenters. The summed E-state index contributed by atoms with van der Waals surface area (Å²) in [6.45, 7) is 8.75. The summed E-state index contributed by atoms with van der Waals surface area (Å²) in [7, 11) is 2.11. The van der Waals surface area contributed by atoms with Crippen molar-refractivity contribution in [1.29, 1.82) is 0 Å². The van der Waals surface area contributed by atoms with Crippen LogP contribution in [0.1, 0.15) is 30.6 Å². The molecule has 1 aromatic carbocycles. The van der Waals surface area contributed by atoms with Crippen molar-refractivity contribution in [3.63, 3.8) is 0 Å². The summed E-state index contributed by atoms with van der Waals surface area (Å²) >= 11 is 0. The maximum Gasteiger partial charge on any atom is 0.253 e. The van der Waals surface area contributed by atoms with Crippen LogP contribution in [-0.4, -0.2) is 63.5 Å². The lowest BCUT2D eigenvalue weighted by Crippen LogP contribution is -2.34. The molecule has 6 nitrogen and oxygen atoms in total. The van der Waals surface area contributed by atoms with Gasteiger partial charge >= 0.3 is 0 Å². The molecule has 1 saturated heterocycles. The first-order chi connectivity index (χ1) is 14.0. The summed E-state index contributed by atoms with van der Waals surface area (Å²) in [4.78, 5) is 26.8. The Morgan fingerprint density at radius 2 is 1.97 bits per heavy atom. The SMILES string of the molecule is CC(C)Cn1c(-c2cccc(C(=O)N3CCCN(C)CC3)c2)nc2cccnc21. The Hall–Kier alpha value is -2.73. The molecule has 4 rings (SSSR count). The third-order valence-electron chi connectivity index (χ3n) is 5.43. The highest BCUT2D eigenvalue weighted by Crippen LogP contribution is 2.26. The van der Waals surface area contributed by atoms with E-state index in [1.165, 1.54) is 0 Å². The molecule has 2 aromatic heterocycles. The summed E-state index contributed by atoms with van der Waals surface area (Å²) in [5, 5.41) is 0. The maximum atomic E-state index is 13.1. The fourth-order valence-electron chi connectivity index (χ4n) is 3.94. The molecule has 0 N–H and O–H groups in total. The second kappa shape index (κ2) is 8.33. The van der Waals surface area contributed by atoms with Gasteiger partial charge in [0.05, 0.1) is 0 Å². The minimum atomic E-state index is 0.104. The summed E-state index contributed by atoms with van der Waals surface area (Å²) < 4.78 is 2.17. The molecular formula is C23H29N5O. The highest BCUT2D eigenvalue weighted by atomic mass is 16.2. The van der Waals surface area contributed by atoms with Gasteiger partial charge in [-0.15, -0.1) is 0 Å². The number of benzene rings is 1. The van der Waals surface area contributed by atoms with Gasteiger partial charge in [-0.25, -0.2) is 9.97 Å². The fourth-order valence-corrected chi connectivity index (χ4v) is 3.94. The summed E-state index contributed by atoms with van der Waals surface area (Å²) in [6.07, 6.45) is 2.82. The summed E-state index contributed by atoms with van der Waals surface area (Å²) in [5.41, 5.74) is 3.46. The quantitative estimate of drug-likeness (QED) is 0.683. The van der Waals surface area contributed by atoms with Gasteiger partial charge in [0.15, 0.2) is 5.65 Å². The van der Waals surface area contributed by atoms with Gasteiger partial charge in [0, 0.05) is 43.5 Å². The van der Waals surface area contributed by atoms with Crippen LogP contribution in [0.15, 0.2) is 42.6 Å². The van der Waals surface area contributed by atoms with Crippen LogP contribution in [0, 0.1) is 5.92 Å². The Kier molecular flexibility index (Phi) is 5.62. The average Bonchev–Trinajstić information content (AvgIpc) is 2.93. The minimum absolute atomic E-state index is 0.104. The Labute approximate surface area is 172 Å². The molecule has 0 aliphatic carbocycles. The van der Waals surface area contributed by atoms with Crippen molar-refractivity contribution in [2.45, 2.75) is 26.8 Å². The zero-order valence-electron chi connectivity index (χ0n) is 17.5. The first kappa shape index (κ1) is 19.6. The van der Waals surface area contributed by atoms with Crippen LogP contribution in [0.3, 0.4) is 0 Å². The van der Waals surface area contributed by atoms with Gasteiger partial charge in [0.25, 0.3) is 5.91 Å². The molecule has 6 heteroatoms. The van der Waals surface area contributed by atoms with E-state index in [1.807, 2.05) is 41.3 Å². The van der Waals surface area contributed by atoms with E-state index in [0.29, 0.717) is 5.92 Å². The van der Waals surface area contributed by atoms with E-state index in [2.05, 4.69) is 35.3 Å². The number of hydrogen-bond donors (Lipinski definition) is 0. The van der Waals surface area contributed by atoms with E-state index < -0.39 is 0 Å². The van der Waals surface area contributed by atoms with Crippen molar-refractivity contribution in [1.82, 2.24) is 24.3 Å². The van der Waals surface area contributed by atoms with E-state index >= 15 is 0 Å².